The van der Waals surface area contributed by atoms with Crippen molar-refractivity contribution in [2.75, 3.05) is 13.1 Å². The number of nitrogens with zero attached hydrogens (tertiary/aromatic N) is 1. The molecule has 1 aliphatic rings. The van der Waals surface area contributed by atoms with Crippen molar-refractivity contribution in [3.8, 4) is 0 Å². The van der Waals surface area contributed by atoms with Crippen LogP contribution in [0.2, 0.25) is 0 Å². The van der Waals surface area contributed by atoms with Crippen molar-refractivity contribution in [1.82, 2.24) is 4.90 Å². The van der Waals surface area contributed by atoms with Crippen molar-refractivity contribution in [3.63, 3.8) is 0 Å². The van der Waals surface area contributed by atoms with E-state index in [1.54, 1.807) is 0 Å². The second-order valence-electron chi connectivity index (χ2n) is 3.76. The summed E-state index contributed by atoms with van der Waals surface area (Å²) in [4.78, 5) is 2.34. The standard InChI is InChI=1S/C9H17N/c1-5-9(4)6-10(7-9)8(2)3/h2,5-7H2,1,3-4H3. The van der Waals surface area contributed by atoms with E-state index in [-0.39, 0.29) is 0 Å². The normalized spacial score (nSPS) is 22.1. The zero-order valence-corrected chi connectivity index (χ0v) is 7.28. The van der Waals surface area contributed by atoms with Crippen molar-refractivity contribution in [1.29, 1.82) is 0 Å². The maximum absolute atomic E-state index is 3.90. The quantitative estimate of drug-likeness (QED) is 0.567. The molecule has 1 saturated heterocycles. The fourth-order valence-corrected chi connectivity index (χ4v) is 1.37. The van der Waals surface area contributed by atoms with E-state index in [0.29, 0.717) is 5.41 Å². The molecule has 0 aliphatic carbocycles. The van der Waals surface area contributed by atoms with Crippen LogP contribution in [-0.4, -0.2) is 18.0 Å². The van der Waals surface area contributed by atoms with Gasteiger partial charge in [-0.05, 0) is 13.3 Å². The molecule has 0 saturated carbocycles. The second-order valence-corrected chi connectivity index (χ2v) is 3.76. The van der Waals surface area contributed by atoms with Gasteiger partial charge in [-0.15, -0.1) is 0 Å². The summed E-state index contributed by atoms with van der Waals surface area (Å²) < 4.78 is 0. The fourth-order valence-electron chi connectivity index (χ4n) is 1.37. The first-order valence-electron chi connectivity index (χ1n) is 3.98. The van der Waals surface area contributed by atoms with Crippen LogP contribution in [0.25, 0.3) is 0 Å². The zero-order valence-electron chi connectivity index (χ0n) is 7.28. The molecule has 0 radical (unpaired) electrons. The van der Waals surface area contributed by atoms with E-state index in [4.69, 9.17) is 0 Å². The first kappa shape index (κ1) is 7.64. The van der Waals surface area contributed by atoms with Gasteiger partial charge in [0.25, 0.3) is 0 Å². The minimum Gasteiger partial charge on any atom is -0.374 e. The number of hydrogen-bond acceptors (Lipinski definition) is 1. The highest BCUT2D eigenvalue weighted by atomic mass is 15.2. The Morgan fingerprint density at radius 2 is 2.10 bits per heavy atom. The topological polar surface area (TPSA) is 3.24 Å². The van der Waals surface area contributed by atoms with Crippen molar-refractivity contribution in [3.05, 3.63) is 12.3 Å². The smallest absolute Gasteiger partial charge is 0.0245 e. The molecule has 0 aromatic rings. The van der Waals surface area contributed by atoms with Gasteiger partial charge in [0.15, 0.2) is 0 Å². The third-order valence-corrected chi connectivity index (χ3v) is 2.54. The van der Waals surface area contributed by atoms with E-state index in [1.165, 1.54) is 25.2 Å². The number of allylic oxidation sites excluding steroid dienone is 1. The third kappa shape index (κ3) is 1.18. The van der Waals surface area contributed by atoms with Crippen LogP contribution in [0.3, 0.4) is 0 Å². The largest absolute Gasteiger partial charge is 0.374 e. The Hall–Kier alpha value is -0.460. The molecule has 1 aliphatic heterocycles. The van der Waals surface area contributed by atoms with Gasteiger partial charge >= 0.3 is 0 Å². The Labute approximate surface area is 63.7 Å². The van der Waals surface area contributed by atoms with Crippen LogP contribution in [0, 0.1) is 5.41 Å². The molecule has 0 atom stereocenters. The molecule has 0 aromatic carbocycles. The van der Waals surface area contributed by atoms with Gasteiger partial charge in [0.2, 0.25) is 0 Å². The highest BCUT2D eigenvalue weighted by Crippen LogP contribution is 2.34. The average molecular weight is 139 g/mol. The lowest BCUT2D eigenvalue weighted by molar-refractivity contribution is 0.0437. The lowest BCUT2D eigenvalue weighted by Crippen LogP contribution is -2.52. The summed E-state index contributed by atoms with van der Waals surface area (Å²) in [5.74, 6) is 0. The van der Waals surface area contributed by atoms with Gasteiger partial charge in [-0.25, -0.2) is 0 Å². The molecule has 0 spiro atoms. The lowest BCUT2D eigenvalue weighted by atomic mass is 9.79. The van der Waals surface area contributed by atoms with Crippen LogP contribution < -0.4 is 0 Å². The minimum atomic E-state index is 0.582. The first-order valence-corrected chi connectivity index (χ1v) is 3.98. The number of likely N-dealkylation sites (tertiary alicyclic amines) is 1. The molecule has 0 N–H and O–H groups in total. The summed E-state index contributed by atoms with van der Waals surface area (Å²) in [6, 6.07) is 0. The van der Waals surface area contributed by atoms with Gasteiger partial charge in [-0.1, -0.05) is 20.4 Å². The van der Waals surface area contributed by atoms with E-state index >= 15 is 0 Å². The Balaban J connectivity index is 2.36. The molecule has 0 aromatic heterocycles. The van der Waals surface area contributed by atoms with Gasteiger partial charge in [0.05, 0.1) is 0 Å². The van der Waals surface area contributed by atoms with E-state index < -0.39 is 0 Å². The molecule has 1 rings (SSSR count). The molecule has 0 amide bonds. The predicted molar refractivity (Wildman–Crippen MR) is 44.8 cm³/mol. The van der Waals surface area contributed by atoms with Gasteiger partial charge in [0, 0.05) is 24.2 Å². The molecule has 1 heteroatoms. The summed E-state index contributed by atoms with van der Waals surface area (Å²) in [7, 11) is 0. The van der Waals surface area contributed by atoms with Crippen LogP contribution in [0.4, 0.5) is 0 Å². The maximum atomic E-state index is 3.90. The van der Waals surface area contributed by atoms with Gasteiger partial charge in [-0.2, -0.15) is 0 Å². The molecule has 10 heavy (non-hydrogen) atoms. The van der Waals surface area contributed by atoms with Gasteiger partial charge in [0.1, 0.15) is 0 Å². The monoisotopic (exact) mass is 139 g/mol. The van der Waals surface area contributed by atoms with E-state index in [9.17, 15) is 0 Å². The van der Waals surface area contributed by atoms with Gasteiger partial charge < -0.3 is 4.90 Å². The molecule has 1 heterocycles. The minimum absolute atomic E-state index is 0.582. The maximum Gasteiger partial charge on any atom is 0.0245 e. The van der Waals surface area contributed by atoms with E-state index in [1.807, 2.05) is 0 Å². The van der Waals surface area contributed by atoms with Crippen molar-refractivity contribution >= 4 is 0 Å². The summed E-state index contributed by atoms with van der Waals surface area (Å²) in [5, 5.41) is 0. The molecule has 1 fully saturated rings. The number of rotatable bonds is 2. The predicted octanol–water partition coefficient (Wildman–Crippen LogP) is 2.25. The lowest BCUT2D eigenvalue weighted by Gasteiger charge is -2.49. The number of hydrogen-bond donors (Lipinski definition) is 0. The third-order valence-electron chi connectivity index (χ3n) is 2.54. The summed E-state index contributed by atoms with van der Waals surface area (Å²) in [6.07, 6.45) is 1.29. The van der Waals surface area contributed by atoms with Crippen molar-refractivity contribution in [2.45, 2.75) is 27.2 Å². The highest BCUT2D eigenvalue weighted by Gasteiger charge is 2.36. The molecule has 0 unspecified atom stereocenters. The van der Waals surface area contributed by atoms with Crippen LogP contribution in [0.1, 0.15) is 27.2 Å². The summed E-state index contributed by atoms with van der Waals surface area (Å²) >= 11 is 0. The summed E-state index contributed by atoms with van der Waals surface area (Å²) in [5.41, 5.74) is 1.80. The molecule has 1 nitrogen and oxygen atoms in total. The first-order chi connectivity index (χ1) is 4.57. The Morgan fingerprint density at radius 1 is 1.60 bits per heavy atom. The highest BCUT2D eigenvalue weighted by molar-refractivity contribution is 5.01. The molecule has 58 valence electrons. The van der Waals surface area contributed by atoms with Crippen LogP contribution in [-0.2, 0) is 0 Å². The van der Waals surface area contributed by atoms with Crippen LogP contribution >= 0.6 is 0 Å². The van der Waals surface area contributed by atoms with E-state index in [2.05, 4.69) is 32.3 Å². The van der Waals surface area contributed by atoms with E-state index in [0.717, 1.165) is 0 Å². The fraction of sp³-hybridized carbons (Fsp3) is 0.778. The van der Waals surface area contributed by atoms with Crippen molar-refractivity contribution in [2.24, 2.45) is 5.41 Å². The average Bonchev–Trinajstić information content (AvgIpc) is 1.80. The van der Waals surface area contributed by atoms with Gasteiger partial charge in [-0.3, -0.25) is 0 Å². The Kier molecular flexibility index (Phi) is 1.76. The summed E-state index contributed by atoms with van der Waals surface area (Å²) in [6.45, 7) is 13.0. The molecular weight excluding hydrogens is 122 g/mol. The second kappa shape index (κ2) is 2.30. The SMILES string of the molecule is C=C(C)N1CC(C)(CC)C1. The van der Waals surface area contributed by atoms with Crippen LogP contribution in [0.15, 0.2) is 12.3 Å². The zero-order chi connectivity index (χ0) is 7.78. The van der Waals surface area contributed by atoms with Crippen LogP contribution in [0.5, 0.6) is 0 Å². The Bertz CT molecular complexity index is 143. The molecule has 0 bridgehead atoms. The molecular formula is C9H17N. The Morgan fingerprint density at radius 3 is 2.40 bits per heavy atom. The van der Waals surface area contributed by atoms with Crippen molar-refractivity contribution < 1.29 is 0 Å².